The van der Waals surface area contributed by atoms with Crippen LogP contribution in [0, 0.1) is 0 Å². The molecule has 1 amide bonds. The van der Waals surface area contributed by atoms with Crippen LogP contribution in [-0.2, 0) is 10.2 Å². The predicted molar refractivity (Wildman–Crippen MR) is 66.7 cm³/mol. The molecule has 0 spiro atoms. The minimum absolute atomic E-state index is 0.0135. The number of carbonyl (C=O) groups excluding carboxylic acids is 1. The van der Waals surface area contributed by atoms with Crippen molar-refractivity contribution in [1.82, 2.24) is 4.98 Å². The number of rotatable bonds is 5. The van der Waals surface area contributed by atoms with E-state index in [4.69, 9.17) is 15.2 Å². The Morgan fingerprint density at radius 1 is 1.50 bits per heavy atom. The van der Waals surface area contributed by atoms with Crippen LogP contribution in [-0.4, -0.2) is 24.1 Å². The lowest BCUT2D eigenvalue weighted by molar-refractivity contribution is -0.120. The van der Waals surface area contributed by atoms with Gasteiger partial charge in [-0.1, -0.05) is 0 Å². The minimum atomic E-state index is -0.594. The molecule has 1 aromatic heterocycles. The van der Waals surface area contributed by atoms with Gasteiger partial charge in [-0.3, -0.25) is 4.79 Å². The fraction of sp³-hybridized carbons (Fsp3) is 0.538. The first kappa shape index (κ1) is 12.7. The van der Waals surface area contributed by atoms with Crippen molar-refractivity contribution in [2.24, 2.45) is 5.73 Å². The average Bonchev–Trinajstić information content (AvgIpc) is 3.09. The van der Waals surface area contributed by atoms with Crippen LogP contribution in [0.25, 0.3) is 0 Å². The first-order valence-electron chi connectivity index (χ1n) is 6.00. The summed E-state index contributed by atoms with van der Waals surface area (Å²) in [6, 6.07) is 1.71. The first-order chi connectivity index (χ1) is 8.49. The van der Waals surface area contributed by atoms with E-state index >= 15 is 0 Å². The van der Waals surface area contributed by atoms with Crippen molar-refractivity contribution in [2.45, 2.75) is 38.2 Å². The molecule has 98 valence electrons. The van der Waals surface area contributed by atoms with Crippen molar-refractivity contribution in [3.63, 3.8) is 0 Å². The monoisotopic (exact) mass is 250 g/mol. The van der Waals surface area contributed by atoms with Gasteiger partial charge in [-0.2, -0.15) is 0 Å². The molecule has 1 aromatic rings. The zero-order valence-electron chi connectivity index (χ0n) is 10.9. The van der Waals surface area contributed by atoms with Gasteiger partial charge in [0.05, 0.1) is 18.6 Å². The van der Waals surface area contributed by atoms with Crippen LogP contribution in [0.15, 0.2) is 12.3 Å². The second-order valence-corrected chi connectivity index (χ2v) is 4.84. The van der Waals surface area contributed by atoms with Gasteiger partial charge in [-0.05, 0) is 26.7 Å². The molecule has 0 aliphatic heterocycles. The highest BCUT2D eigenvalue weighted by atomic mass is 16.5. The zero-order valence-corrected chi connectivity index (χ0v) is 10.9. The number of ether oxygens (including phenoxy) is 2. The lowest BCUT2D eigenvalue weighted by Crippen LogP contribution is -2.29. The third-order valence-electron chi connectivity index (χ3n) is 3.15. The Bertz CT molecular complexity index is 467. The summed E-state index contributed by atoms with van der Waals surface area (Å²) in [5.74, 6) is 0.783. The Labute approximate surface area is 106 Å². The maximum absolute atomic E-state index is 11.6. The Kier molecular flexibility index (Phi) is 3.15. The second-order valence-electron chi connectivity index (χ2n) is 4.84. The van der Waals surface area contributed by atoms with Crippen molar-refractivity contribution in [3.8, 4) is 11.6 Å². The van der Waals surface area contributed by atoms with Gasteiger partial charge in [0.1, 0.15) is 5.75 Å². The van der Waals surface area contributed by atoms with Crippen LogP contribution in [0.4, 0.5) is 0 Å². The lowest BCUT2D eigenvalue weighted by atomic mass is 9.96. The maximum atomic E-state index is 11.6. The summed E-state index contributed by atoms with van der Waals surface area (Å²) in [6.45, 7) is 3.86. The number of hydrogen-bond acceptors (Lipinski definition) is 4. The highest BCUT2D eigenvalue weighted by Gasteiger charge is 2.52. The van der Waals surface area contributed by atoms with Gasteiger partial charge in [0.2, 0.25) is 11.8 Å². The minimum Gasteiger partial charge on any atom is -0.490 e. The molecule has 0 saturated heterocycles. The molecule has 1 aliphatic rings. The summed E-state index contributed by atoms with van der Waals surface area (Å²) in [4.78, 5) is 15.7. The molecule has 1 heterocycles. The van der Waals surface area contributed by atoms with Crippen molar-refractivity contribution >= 4 is 5.91 Å². The van der Waals surface area contributed by atoms with Gasteiger partial charge >= 0.3 is 0 Å². The maximum Gasteiger partial charge on any atom is 0.228 e. The van der Waals surface area contributed by atoms with Crippen LogP contribution in [0.3, 0.4) is 0 Å². The van der Waals surface area contributed by atoms with E-state index in [0.29, 0.717) is 11.6 Å². The van der Waals surface area contributed by atoms with Gasteiger partial charge in [0.25, 0.3) is 0 Å². The van der Waals surface area contributed by atoms with E-state index in [2.05, 4.69) is 4.98 Å². The SMILES string of the molecule is COc1cc(OC(C)C)c(C2(C(N)=O)CC2)cn1. The van der Waals surface area contributed by atoms with Gasteiger partial charge in [0, 0.05) is 17.8 Å². The number of hydrogen-bond donors (Lipinski definition) is 1. The summed E-state index contributed by atoms with van der Waals surface area (Å²) in [6.07, 6.45) is 3.16. The van der Waals surface area contributed by atoms with Gasteiger partial charge < -0.3 is 15.2 Å². The van der Waals surface area contributed by atoms with Crippen molar-refractivity contribution in [2.75, 3.05) is 7.11 Å². The Morgan fingerprint density at radius 3 is 2.61 bits per heavy atom. The van der Waals surface area contributed by atoms with E-state index in [-0.39, 0.29) is 12.0 Å². The van der Waals surface area contributed by atoms with Crippen molar-refractivity contribution in [1.29, 1.82) is 0 Å². The van der Waals surface area contributed by atoms with Crippen molar-refractivity contribution < 1.29 is 14.3 Å². The number of carbonyl (C=O) groups is 1. The molecule has 0 aromatic carbocycles. The van der Waals surface area contributed by atoms with Crippen LogP contribution in [0.2, 0.25) is 0 Å². The van der Waals surface area contributed by atoms with Crippen LogP contribution in [0.5, 0.6) is 11.6 Å². The lowest BCUT2D eigenvalue weighted by Gasteiger charge is -2.19. The van der Waals surface area contributed by atoms with E-state index < -0.39 is 5.41 Å². The molecule has 0 atom stereocenters. The van der Waals surface area contributed by atoms with Crippen LogP contribution < -0.4 is 15.2 Å². The van der Waals surface area contributed by atoms with Crippen molar-refractivity contribution in [3.05, 3.63) is 17.8 Å². The summed E-state index contributed by atoms with van der Waals surface area (Å²) >= 11 is 0. The molecule has 2 N–H and O–H groups in total. The van der Waals surface area contributed by atoms with E-state index in [1.165, 1.54) is 0 Å². The highest BCUT2D eigenvalue weighted by molar-refractivity contribution is 5.90. The number of methoxy groups -OCH3 is 1. The number of nitrogens with zero attached hydrogens (tertiary/aromatic N) is 1. The number of amides is 1. The normalized spacial score (nSPS) is 16.4. The molecular weight excluding hydrogens is 232 g/mol. The average molecular weight is 250 g/mol. The number of nitrogens with two attached hydrogens (primary N) is 1. The molecule has 0 bridgehead atoms. The summed E-state index contributed by atoms with van der Waals surface area (Å²) < 4.78 is 10.8. The standard InChI is InChI=1S/C13H18N2O3/c1-8(2)18-10-6-11(17-3)15-7-9(10)13(4-5-13)12(14)16/h6-8H,4-5H2,1-3H3,(H2,14,16). The third-order valence-corrected chi connectivity index (χ3v) is 3.15. The molecule has 1 fully saturated rings. The van der Waals surface area contributed by atoms with E-state index in [1.54, 1.807) is 19.4 Å². The quantitative estimate of drug-likeness (QED) is 0.857. The van der Waals surface area contributed by atoms with Gasteiger partial charge in [-0.25, -0.2) is 4.98 Å². The largest absolute Gasteiger partial charge is 0.490 e. The Balaban J connectivity index is 2.43. The number of primary amides is 1. The molecule has 1 saturated carbocycles. The number of pyridine rings is 1. The van der Waals surface area contributed by atoms with E-state index in [0.717, 1.165) is 18.4 Å². The molecule has 2 rings (SSSR count). The predicted octanol–water partition coefficient (Wildman–Crippen LogP) is 1.39. The number of aromatic nitrogens is 1. The van der Waals surface area contributed by atoms with Crippen LogP contribution in [0.1, 0.15) is 32.3 Å². The molecule has 18 heavy (non-hydrogen) atoms. The summed E-state index contributed by atoms with van der Waals surface area (Å²) in [5, 5.41) is 0. The molecule has 0 radical (unpaired) electrons. The van der Waals surface area contributed by atoms with E-state index in [9.17, 15) is 4.79 Å². The molecule has 5 nitrogen and oxygen atoms in total. The highest BCUT2D eigenvalue weighted by Crippen LogP contribution is 2.51. The second kappa shape index (κ2) is 4.48. The Hall–Kier alpha value is -1.78. The molecular formula is C13H18N2O3. The smallest absolute Gasteiger partial charge is 0.228 e. The van der Waals surface area contributed by atoms with Crippen LogP contribution >= 0.6 is 0 Å². The molecule has 0 unspecified atom stereocenters. The fourth-order valence-corrected chi connectivity index (χ4v) is 2.01. The first-order valence-corrected chi connectivity index (χ1v) is 6.00. The summed E-state index contributed by atoms with van der Waals surface area (Å²) in [7, 11) is 1.54. The molecule has 1 aliphatic carbocycles. The third kappa shape index (κ3) is 2.12. The fourth-order valence-electron chi connectivity index (χ4n) is 2.01. The molecule has 5 heteroatoms. The zero-order chi connectivity index (χ0) is 13.3. The van der Waals surface area contributed by atoms with E-state index in [1.807, 2.05) is 13.8 Å². The van der Waals surface area contributed by atoms with Gasteiger partial charge in [0.15, 0.2) is 0 Å². The topological polar surface area (TPSA) is 74.4 Å². The summed E-state index contributed by atoms with van der Waals surface area (Å²) in [5.41, 5.74) is 5.66. The Morgan fingerprint density at radius 2 is 2.17 bits per heavy atom. The van der Waals surface area contributed by atoms with Gasteiger partial charge in [-0.15, -0.1) is 0 Å².